The predicted octanol–water partition coefficient (Wildman–Crippen LogP) is 17.6. The van der Waals surface area contributed by atoms with E-state index in [1.165, 1.54) is 96.3 Å². The fourth-order valence-electron chi connectivity index (χ4n) is 7.76. The van der Waals surface area contributed by atoms with E-state index in [-0.39, 0.29) is 24.9 Å². The fourth-order valence-corrected chi connectivity index (χ4v) is 7.76. The molecule has 3 atom stereocenters. The van der Waals surface area contributed by atoms with Gasteiger partial charge in [-0.05, 0) is 102 Å². The largest absolute Gasteiger partial charge is 0.458 e. The lowest BCUT2D eigenvalue weighted by molar-refractivity contribution is -0.148. The van der Waals surface area contributed by atoms with Crippen molar-refractivity contribution in [2.45, 2.75) is 257 Å². The molecule has 6 heteroatoms. The molecule has 392 valence electrons. The van der Waals surface area contributed by atoms with E-state index in [0.717, 1.165) is 96.3 Å². The molecule has 0 radical (unpaired) electrons. The molecule has 0 saturated heterocycles. The summed E-state index contributed by atoms with van der Waals surface area (Å²) in [5.41, 5.74) is 0. The summed E-state index contributed by atoms with van der Waals surface area (Å²) >= 11 is 0. The molecule has 0 bridgehead atoms. The molecule has 0 aliphatic heterocycles. The van der Waals surface area contributed by atoms with Crippen molar-refractivity contribution in [3.05, 3.63) is 122 Å². The van der Waals surface area contributed by atoms with Crippen LogP contribution in [0.1, 0.15) is 239 Å². The maximum Gasteiger partial charge on any atom is 0.306 e. The molecule has 0 rings (SSSR count). The number of esters is 1. The highest BCUT2D eigenvalue weighted by molar-refractivity contribution is 5.78. The van der Waals surface area contributed by atoms with Crippen LogP contribution < -0.4 is 5.32 Å². The maximum absolute atomic E-state index is 13.2. The van der Waals surface area contributed by atoms with Gasteiger partial charge >= 0.3 is 5.97 Å². The van der Waals surface area contributed by atoms with Crippen LogP contribution in [0.3, 0.4) is 0 Å². The number of carbonyl (C=O) groups is 2. The molecular weight excluding hydrogens is 851 g/mol. The van der Waals surface area contributed by atoms with Crippen molar-refractivity contribution in [3.63, 3.8) is 0 Å². The topological polar surface area (TPSA) is 95.9 Å². The molecule has 3 unspecified atom stereocenters. The van der Waals surface area contributed by atoms with Crippen molar-refractivity contribution >= 4 is 11.9 Å². The Bertz CT molecular complexity index is 1440. The van der Waals surface area contributed by atoms with Crippen LogP contribution in [-0.2, 0) is 14.3 Å². The summed E-state index contributed by atoms with van der Waals surface area (Å²) in [7, 11) is 0. The van der Waals surface area contributed by atoms with Crippen molar-refractivity contribution in [2.75, 3.05) is 6.61 Å². The number of nitrogens with one attached hydrogen (secondary N) is 1. The third-order valence-electron chi connectivity index (χ3n) is 12.0. The van der Waals surface area contributed by atoms with Gasteiger partial charge in [-0.1, -0.05) is 245 Å². The molecule has 0 spiro atoms. The molecule has 0 heterocycles. The van der Waals surface area contributed by atoms with Crippen LogP contribution in [0.15, 0.2) is 122 Å². The van der Waals surface area contributed by atoms with E-state index in [1.54, 1.807) is 6.08 Å². The minimum absolute atomic E-state index is 0.0674. The van der Waals surface area contributed by atoms with Gasteiger partial charge in [-0.2, -0.15) is 0 Å². The van der Waals surface area contributed by atoms with E-state index in [4.69, 9.17) is 4.74 Å². The van der Waals surface area contributed by atoms with Crippen molar-refractivity contribution in [1.29, 1.82) is 0 Å². The zero-order valence-electron chi connectivity index (χ0n) is 44.6. The molecular formula is C63H105NO5. The summed E-state index contributed by atoms with van der Waals surface area (Å²) in [6.45, 7) is 6.30. The van der Waals surface area contributed by atoms with Crippen molar-refractivity contribution in [1.82, 2.24) is 5.32 Å². The summed E-state index contributed by atoms with van der Waals surface area (Å²) in [5.74, 6) is -0.674. The highest BCUT2D eigenvalue weighted by Gasteiger charge is 2.23. The minimum Gasteiger partial charge on any atom is -0.458 e. The summed E-state index contributed by atoms with van der Waals surface area (Å²) in [5, 5.41) is 23.8. The van der Waals surface area contributed by atoms with Gasteiger partial charge in [0.2, 0.25) is 5.91 Å². The standard InChI is InChI=1S/C63H105NO5/c1-4-7-10-13-16-19-22-25-28-30-31-33-35-38-41-44-47-50-53-56-63(68)69-59(54-51-48-45-42-39-36-34-32-29-26-23-20-17-14-11-8-5-2)57-62(67)64-60(58-65)61(66)55-52-49-46-43-40-37-27-24-21-18-15-12-9-6-3/h8,11,16-17,19-20,25-26,28-29,31,33-34,36,38,41-42,45,51,54,59-61,65-66H,4-7,9-10,12-15,18,21-24,27,30,32,35,37,39-40,43-44,46-50,52-53,55-58H2,1-3H3,(H,64,67)/b11-8-,19-16-,20-17-,28-25-,29-26-,33-31-,36-34-,41-38-,45-42-,54-51-. The van der Waals surface area contributed by atoms with Gasteiger partial charge in [0.05, 0.1) is 25.2 Å². The highest BCUT2D eigenvalue weighted by atomic mass is 16.5. The Morgan fingerprint density at radius 1 is 0.449 bits per heavy atom. The highest BCUT2D eigenvalue weighted by Crippen LogP contribution is 2.16. The molecule has 0 aliphatic carbocycles. The van der Waals surface area contributed by atoms with Gasteiger partial charge in [-0.3, -0.25) is 9.59 Å². The van der Waals surface area contributed by atoms with Gasteiger partial charge in [0.25, 0.3) is 0 Å². The first-order valence-electron chi connectivity index (χ1n) is 28.3. The zero-order valence-corrected chi connectivity index (χ0v) is 44.6. The zero-order chi connectivity index (χ0) is 50.2. The molecule has 3 N–H and O–H groups in total. The normalized spacial score (nSPS) is 14.1. The average Bonchev–Trinajstić information content (AvgIpc) is 3.34. The van der Waals surface area contributed by atoms with Crippen molar-refractivity contribution in [3.8, 4) is 0 Å². The van der Waals surface area contributed by atoms with Gasteiger partial charge in [-0.15, -0.1) is 0 Å². The Hall–Kier alpha value is -3.74. The number of amides is 1. The van der Waals surface area contributed by atoms with Crippen LogP contribution in [0.25, 0.3) is 0 Å². The molecule has 0 aromatic carbocycles. The van der Waals surface area contributed by atoms with Crippen LogP contribution in [0, 0.1) is 0 Å². The molecule has 1 amide bonds. The van der Waals surface area contributed by atoms with Crippen LogP contribution >= 0.6 is 0 Å². The fraction of sp³-hybridized carbons (Fsp3) is 0.651. The number of allylic oxidation sites excluding steroid dienone is 19. The molecule has 69 heavy (non-hydrogen) atoms. The number of carbonyl (C=O) groups excluding carboxylic acids is 2. The molecule has 0 aromatic rings. The quantitative estimate of drug-likeness (QED) is 0.0321. The number of hydrogen-bond donors (Lipinski definition) is 3. The smallest absolute Gasteiger partial charge is 0.306 e. The van der Waals surface area contributed by atoms with Crippen LogP contribution in [-0.4, -0.2) is 46.9 Å². The van der Waals surface area contributed by atoms with Crippen molar-refractivity contribution in [2.24, 2.45) is 0 Å². The van der Waals surface area contributed by atoms with Gasteiger partial charge in [0, 0.05) is 6.42 Å². The number of ether oxygens (including phenoxy) is 1. The molecule has 0 saturated carbocycles. The van der Waals surface area contributed by atoms with Gasteiger partial charge in [0.1, 0.15) is 6.10 Å². The van der Waals surface area contributed by atoms with Crippen LogP contribution in [0.4, 0.5) is 0 Å². The minimum atomic E-state index is -0.834. The summed E-state index contributed by atoms with van der Waals surface area (Å²) in [6.07, 6.45) is 77.2. The van der Waals surface area contributed by atoms with Crippen molar-refractivity contribution < 1.29 is 24.5 Å². The predicted molar refractivity (Wildman–Crippen MR) is 300 cm³/mol. The van der Waals surface area contributed by atoms with E-state index in [0.29, 0.717) is 19.3 Å². The second-order valence-corrected chi connectivity index (χ2v) is 18.6. The number of unbranched alkanes of at least 4 members (excludes halogenated alkanes) is 19. The number of hydrogen-bond acceptors (Lipinski definition) is 5. The van der Waals surface area contributed by atoms with E-state index < -0.39 is 18.2 Å². The Kier molecular flexibility index (Phi) is 52.2. The summed E-state index contributed by atoms with van der Waals surface area (Å²) in [4.78, 5) is 26.2. The molecule has 0 aromatic heterocycles. The Labute approximate surface area is 425 Å². The molecule has 0 fully saturated rings. The summed E-state index contributed by atoms with van der Waals surface area (Å²) in [6, 6.07) is -0.759. The van der Waals surface area contributed by atoms with E-state index in [2.05, 4.69) is 135 Å². The monoisotopic (exact) mass is 956 g/mol. The van der Waals surface area contributed by atoms with Crippen LogP contribution in [0.2, 0.25) is 0 Å². The van der Waals surface area contributed by atoms with Gasteiger partial charge in [-0.25, -0.2) is 0 Å². The first-order valence-corrected chi connectivity index (χ1v) is 28.3. The van der Waals surface area contributed by atoms with E-state index >= 15 is 0 Å². The SMILES string of the molecule is CC/C=C\C/C=C\C/C=C\C/C=C\C/C=C\C/C=C\C(CC(=O)NC(CO)C(O)CCCCCCCCCCCCCCCC)OC(=O)CCCCC/C=C\C/C=C\C/C=C\C/C=C\CCCCC. The Balaban J connectivity index is 4.82. The second kappa shape index (κ2) is 55.2. The Morgan fingerprint density at radius 3 is 1.25 bits per heavy atom. The lowest BCUT2D eigenvalue weighted by atomic mass is 10.0. The maximum atomic E-state index is 13.2. The summed E-state index contributed by atoms with van der Waals surface area (Å²) < 4.78 is 5.83. The number of rotatable bonds is 49. The van der Waals surface area contributed by atoms with Gasteiger partial charge < -0.3 is 20.3 Å². The first kappa shape index (κ1) is 65.3. The van der Waals surface area contributed by atoms with E-state index in [1.807, 2.05) is 6.08 Å². The molecule has 0 aliphatic rings. The third-order valence-corrected chi connectivity index (χ3v) is 12.0. The third kappa shape index (κ3) is 50.5. The number of aliphatic hydroxyl groups is 2. The Morgan fingerprint density at radius 2 is 0.812 bits per heavy atom. The first-order chi connectivity index (χ1) is 34.0. The lowest BCUT2D eigenvalue weighted by Gasteiger charge is -2.23. The average molecular weight is 957 g/mol. The van der Waals surface area contributed by atoms with E-state index in [9.17, 15) is 19.8 Å². The number of aliphatic hydroxyl groups excluding tert-OH is 2. The molecule has 6 nitrogen and oxygen atoms in total. The lowest BCUT2D eigenvalue weighted by Crippen LogP contribution is -2.46. The van der Waals surface area contributed by atoms with Crippen LogP contribution in [0.5, 0.6) is 0 Å². The van der Waals surface area contributed by atoms with Gasteiger partial charge in [0.15, 0.2) is 0 Å². The second-order valence-electron chi connectivity index (χ2n) is 18.6.